The number of nitrogens with one attached hydrogen (secondary N) is 1. The number of amides is 2. The molecule has 1 N–H and O–H groups in total. The van der Waals surface area contributed by atoms with Crippen LogP contribution in [-0.2, 0) is 14.3 Å². The highest BCUT2D eigenvalue weighted by Gasteiger charge is 2.29. The van der Waals surface area contributed by atoms with E-state index in [0.717, 1.165) is 5.56 Å². The molecule has 6 heteroatoms. The van der Waals surface area contributed by atoms with Crippen molar-refractivity contribution < 1.29 is 19.1 Å². The maximum absolute atomic E-state index is 12.9. The zero-order chi connectivity index (χ0) is 18.8. The topological polar surface area (TPSA) is 67.9 Å². The second kappa shape index (κ2) is 10.8. The number of carbonyl (C=O) groups excluding carboxylic acids is 2. The highest BCUT2D eigenvalue weighted by Crippen LogP contribution is 2.11. The summed E-state index contributed by atoms with van der Waals surface area (Å²) in [5.74, 6) is -0.386. The Hall–Kier alpha value is -1.92. The van der Waals surface area contributed by atoms with Gasteiger partial charge in [0, 0.05) is 32.9 Å². The first kappa shape index (κ1) is 21.1. The van der Waals surface area contributed by atoms with Gasteiger partial charge in [0.05, 0.1) is 13.2 Å². The molecule has 0 aliphatic rings. The van der Waals surface area contributed by atoms with Gasteiger partial charge in [-0.3, -0.25) is 9.59 Å². The van der Waals surface area contributed by atoms with Crippen LogP contribution in [0.15, 0.2) is 24.3 Å². The summed E-state index contributed by atoms with van der Waals surface area (Å²) in [6.07, 6.45) is 0. The number of ether oxygens (including phenoxy) is 2. The van der Waals surface area contributed by atoms with Gasteiger partial charge >= 0.3 is 0 Å². The summed E-state index contributed by atoms with van der Waals surface area (Å²) in [6.45, 7) is 7.52. The number of methoxy groups -OCH3 is 2. The molecule has 140 valence electrons. The fourth-order valence-corrected chi connectivity index (χ4v) is 2.49. The van der Waals surface area contributed by atoms with E-state index < -0.39 is 6.04 Å². The third-order valence-electron chi connectivity index (χ3n) is 4.05. The molecule has 1 aromatic carbocycles. The Morgan fingerprint density at radius 1 is 1.08 bits per heavy atom. The van der Waals surface area contributed by atoms with Gasteiger partial charge in [0.1, 0.15) is 6.04 Å². The first-order valence-electron chi connectivity index (χ1n) is 8.55. The Morgan fingerprint density at radius 3 is 2.12 bits per heavy atom. The lowest BCUT2D eigenvalue weighted by Gasteiger charge is -2.29. The fourth-order valence-electron chi connectivity index (χ4n) is 2.49. The molecule has 0 saturated heterocycles. The van der Waals surface area contributed by atoms with Crippen LogP contribution >= 0.6 is 0 Å². The minimum Gasteiger partial charge on any atom is -0.383 e. The van der Waals surface area contributed by atoms with Gasteiger partial charge in [0.25, 0.3) is 5.91 Å². The standard InChI is InChI=1S/C19H30N2O4/c1-14(2)17(19(23)21(10-12-24-4)11-13-25-5)20-18(22)16-9-7-6-8-15(16)3/h6-9,14,17H,10-13H2,1-5H3,(H,20,22)/t17-/m1/s1. The normalized spacial score (nSPS) is 12.1. The van der Waals surface area contributed by atoms with Gasteiger partial charge in [0.2, 0.25) is 5.91 Å². The van der Waals surface area contributed by atoms with Crippen LogP contribution < -0.4 is 5.32 Å². The van der Waals surface area contributed by atoms with Crippen molar-refractivity contribution in [3.8, 4) is 0 Å². The number of hydrogen-bond acceptors (Lipinski definition) is 4. The van der Waals surface area contributed by atoms with Crippen LogP contribution in [0, 0.1) is 12.8 Å². The zero-order valence-electron chi connectivity index (χ0n) is 15.9. The Kier molecular flexibility index (Phi) is 9.16. The van der Waals surface area contributed by atoms with Crippen LogP contribution in [0.1, 0.15) is 29.8 Å². The molecule has 2 amide bonds. The molecule has 0 unspecified atom stereocenters. The smallest absolute Gasteiger partial charge is 0.252 e. The second-order valence-corrected chi connectivity index (χ2v) is 6.32. The second-order valence-electron chi connectivity index (χ2n) is 6.32. The average molecular weight is 350 g/mol. The van der Waals surface area contributed by atoms with E-state index in [1.54, 1.807) is 25.2 Å². The molecule has 0 spiro atoms. The maximum atomic E-state index is 12.9. The van der Waals surface area contributed by atoms with E-state index in [1.165, 1.54) is 0 Å². The largest absolute Gasteiger partial charge is 0.383 e. The summed E-state index contributed by atoms with van der Waals surface area (Å²) in [5, 5.41) is 2.89. The molecule has 0 aliphatic carbocycles. The monoisotopic (exact) mass is 350 g/mol. The lowest BCUT2D eigenvalue weighted by molar-refractivity contribution is -0.135. The number of carbonyl (C=O) groups is 2. The van der Waals surface area contributed by atoms with E-state index in [2.05, 4.69) is 5.32 Å². The third-order valence-corrected chi connectivity index (χ3v) is 4.05. The van der Waals surface area contributed by atoms with Gasteiger partial charge in [-0.15, -0.1) is 0 Å². The molecule has 0 bridgehead atoms. The molecule has 0 fully saturated rings. The molecule has 0 aliphatic heterocycles. The minimum absolute atomic E-state index is 0.0342. The average Bonchev–Trinajstić information content (AvgIpc) is 2.59. The molecular formula is C19H30N2O4. The summed E-state index contributed by atoms with van der Waals surface area (Å²) in [5.41, 5.74) is 1.46. The van der Waals surface area contributed by atoms with Crippen molar-refractivity contribution in [1.82, 2.24) is 10.2 Å². The Labute approximate surface area is 150 Å². The lowest BCUT2D eigenvalue weighted by Crippen LogP contribution is -2.52. The maximum Gasteiger partial charge on any atom is 0.252 e. The van der Waals surface area contributed by atoms with Crippen LogP contribution in [0.3, 0.4) is 0 Å². The lowest BCUT2D eigenvalue weighted by atomic mass is 10.0. The highest BCUT2D eigenvalue weighted by molar-refractivity contribution is 5.98. The molecule has 1 atom stereocenters. The van der Waals surface area contributed by atoms with Gasteiger partial charge in [-0.25, -0.2) is 0 Å². The molecule has 0 radical (unpaired) electrons. The van der Waals surface area contributed by atoms with E-state index in [4.69, 9.17) is 9.47 Å². The van der Waals surface area contributed by atoms with E-state index >= 15 is 0 Å². The first-order chi connectivity index (χ1) is 11.9. The van der Waals surface area contributed by atoms with Crippen LogP contribution in [0.4, 0.5) is 0 Å². The minimum atomic E-state index is -0.596. The summed E-state index contributed by atoms with van der Waals surface area (Å²) in [6, 6.07) is 6.75. The van der Waals surface area contributed by atoms with Crippen LogP contribution in [0.5, 0.6) is 0 Å². The highest BCUT2D eigenvalue weighted by atomic mass is 16.5. The van der Waals surface area contributed by atoms with E-state index in [0.29, 0.717) is 31.9 Å². The summed E-state index contributed by atoms with van der Waals surface area (Å²) >= 11 is 0. The number of aryl methyl sites for hydroxylation is 1. The predicted molar refractivity (Wildman–Crippen MR) is 97.6 cm³/mol. The van der Waals surface area contributed by atoms with Crippen LogP contribution in [-0.4, -0.2) is 63.3 Å². The molecule has 6 nitrogen and oxygen atoms in total. The SMILES string of the molecule is COCCN(CCOC)C(=O)[C@H](NC(=O)c1ccccc1C)C(C)C. The summed E-state index contributed by atoms with van der Waals surface area (Å²) < 4.78 is 10.2. The van der Waals surface area contributed by atoms with Crippen LogP contribution in [0.25, 0.3) is 0 Å². The number of nitrogens with zero attached hydrogens (tertiary/aromatic N) is 1. The van der Waals surface area contributed by atoms with Crippen molar-refractivity contribution in [3.63, 3.8) is 0 Å². The van der Waals surface area contributed by atoms with Gasteiger partial charge in [-0.05, 0) is 24.5 Å². The molecule has 0 aromatic heterocycles. The molecule has 1 rings (SSSR count). The Balaban J connectivity index is 2.90. The van der Waals surface area contributed by atoms with Crippen molar-refractivity contribution in [2.45, 2.75) is 26.8 Å². The fraction of sp³-hybridized carbons (Fsp3) is 0.579. The van der Waals surface area contributed by atoms with E-state index in [9.17, 15) is 9.59 Å². The van der Waals surface area contributed by atoms with Crippen molar-refractivity contribution in [2.75, 3.05) is 40.5 Å². The van der Waals surface area contributed by atoms with E-state index in [1.807, 2.05) is 39.0 Å². The Bertz CT molecular complexity index is 552. The molecule has 25 heavy (non-hydrogen) atoms. The number of hydrogen-bond donors (Lipinski definition) is 1. The van der Waals surface area contributed by atoms with Gasteiger partial charge in [0.15, 0.2) is 0 Å². The number of benzene rings is 1. The summed E-state index contributed by atoms with van der Waals surface area (Å²) in [4.78, 5) is 27.2. The van der Waals surface area contributed by atoms with Crippen molar-refractivity contribution in [1.29, 1.82) is 0 Å². The van der Waals surface area contributed by atoms with E-state index in [-0.39, 0.29) is 17.7 Å². The van der Waals surface area contributed by atoms with Gasteiger partial charge in [-0.1, -0.05) is 32.0 Å². The molecule has 0 heterocycles. The van der Waals surface area contributed by atoms with Gasteiger partial charge < -0.3 is 19.7 Å². The molecule has 1 aromatic rings. The third kappa shape index (κ3) is 6.48. The molecule has 0 saturated carbocycles. The number of rotatable bonds is 10. The predicted octanol–water partition coefficient (Wildman–Crippen LogP) is 1.87. The van der Waals surface area contributed by atoms with Gasteiger partial charge in [-0.2, -0.15) is 0 Å². The van der Waals surface area contributed by atoms with Crippen molar-refractivity contribution in [2.24, 2.45) is 5.92 Å². The summed E-state index contributed by atoms with van der Waals surface area (Å²) in [7, 11) is 3.19. The first-order valence-corrected chi connectivity index (χ1v) is 8.55. The van der Waals surface area contributed by atoms with Crippen LogP contribution in [0.2, 0.25) is 0 Å². The Morgan fingerprint density at radius 2 is 1.64 bits per heavy atom. The van der Waals surface area contributed by atoms with Crippen molar-refractivity contribution in [3.05, 3.63) is 35.4 Å². The quantitative estimate of drug-likeness (QED) is 0.699. The van der Waals surface area contributed by atoms with Crippen molar-refractivity contribution >= 4 is 11.8 Å². The zero-order valence-corrected chi connectivity index (χ0v) is 15.9. The molecular weight excluding hydrogens is 320 g/mol.